The van der Waals surface area contributed by atoms with E-state index in [1.165, 1.54) is 6.20 Å². The molecule has 0 aliphatic carbocycles. The van der Waals surface area contributed by atoms with Crippen LogP contribution < -0.4 is 5.69 Å². The standard InChI is InChI=1S/C18H15N7O3/c1-9(2)14(17(26)27)25-16-12(22-18(25)28)8-20-15(23-16)11-7-21-24-4-3-10(6-19)5-13(11)24/h3-5,7-9,14H,1-2H3,(H,22,28)(H,26,27)/t14-/m0/s1. The molecule has 0 radical (unpaired) electrons. The predicted molar refractivity (Wildman–Crippen MR) is 98.6 cm³/mol. The van der Waals surface area contributed by atoms with E-state index in [2.05, 4.69) is 26.1 Å². The number of nitrogens with zero attached hydrogens (tertiary/aromatic N) is 6. The molecule has 2 N–H and O–H groups in total. The number of imidazole rings is 1. The van der Waals surface area contributed by atoms with Crippen molar-refractivity contribution < 1.29 is 9.90 Å². The Kier molecular flexibility index (Phi) is 3.93. The van der Waals surface area contributed by atoms with Crippen LogP contribution in [0.1, 0.15) is 25.5 Å². The summed E-state index contributed by atoms with van der Waals surface area (Å²) in [6, 6.07) is 4.30. The third-order valence-corrected chi connectivity index (χ3v) is 4.51. The molecule has 0 fully saturated rings. The van der Waals surface area contributed by atoms with Crippen LogP contribution in [0.2, 0.25) is 0 Å². The zero-order valence-electron chi connectivity index (χ0n) is 15.0. The molecule has 0 aliphatic heterocycles. The Hall–Kier alpha value is -4.00. The fraction of sp³-hybridized carbons (Fsp3) is 0.222. The number of carboxylic acids is 1. The van der Waals surface area contributed by atoms with Gasteiger partial charge in [0.25, 0.3) is 0 Å². The van der Waals surface area contributed by atoms with E-state index in [9.17, 15) is 14.7 Å². The lowest BCUT2D eigenvalue weighted by atomic mass is 10.0. The lowest BCUT2D eigenvalue weighted by Gasteiger charge is -2.17. The minimum atomic E-state index is -1.12. The summed E-state index contributed by atoms with van der Waals surface area (Å²) in [6.45, 7) is 3.45. The highest BCUT2D eigenvalue weighted by atomic mass is 16.4. The number of pyridine rings is 1. The van der Waals surface area contributed by atoms with Crippen molar-refractivity contribution in [1.82, 2.24) is 29.1 Å². The number of hydrogen-bond acceptors (Lipinski definition) is 6. The Bertz CT molecular complexity index is 1320. The first-order chi connectivity index (χ1) is 13.4. The van der Waals surface area contributed by atoms with Crippen molar-refractivity contribution in [2.45, 2.75) is 19.9 Å². The summed E-state index contributed by atoms with van der Waals surface area (Å²) in [7, 11) is 0. The van der Waals surface area contributed by atoms with Gasteiger partial charge in [-0.15, -0.1) is 0 Å². The van der Waals surface area contributed by atoms with Crippen LogP contribution in [0.4, 0.5) is 0 Å². The molecule has 0 aromatic carbocycles. The van der Waals surface area contributed by atoms with Crippen LogP contribution in [0, 0.1) is 17.2 Å². The van der Waals surface area contributed by atoms with Crippen molar-refractivity contribution in [2.75, 3.05) is 0 Å². The summed E-state index contributed by atoms with van der Waals surface area (Å²) < 4.78 is 2.72. The van der Waals surface area contributed by atoms with Crippen molar-refractivity contribution in [2.24, 2.45) is 5.92 Å². The van der Waals surface area contributed by atoms with Crippen molar-refractivity contribution in [3.05, 3.63) is 46.8 Å². The molecule has 0 spiro atoms. The van der Waals surface area contributed by atoms with Crippen molar-refractivity contribution in [3.63, 3.8) is 0 Å². The van der Waals surface area contributed by atoms with E-state index in [0.29, 0.717) is 22.2 Å². The molecular formula is C18H15N7O3. The van der Waals surface area contributed by atoms with Gasteiger partial charge in [-0.2, -0.15) is 10.4 Å². The highest BCUT2D eigenvalue weighted by Gasteiger charge is 2.28. The lowest BCUT2D eigenvalue weighted by Crippen LogP contribution is -2.31. The van der Waals surface area contributed by atoms with Gasteiger partial charge in [0.2, 0.25) is 0 Å². The van der Waals surface area contributed by atoms with Crippen molar-refractivity contribution in [3.8, 4) is 17.5 Å². The average Bonchev–Trinajstić information content (AvgIpc) is 3.21. The Morgan fingerprint density at radius 3 is 2.82 bits per heavy atom. The number of aromatic amines is 1. The van der Waals surface area contributed by atoms with E-state index in [-0.39, 0.29) is 17.4 Å². The first kappa shape index (κ1) is 17.4. The zero-order chi connectivity index (χ0) is 20.0. The molecule has 0 amide bonds. The van der Waals surface area contributed by atoms with E-state index >= 15 is 0 Å². The molecular weight excluding hydrogens is 362 g/mol. The molecule has 10 nitrogen and oxygen atoms in total. The van der Waals surface area contributed by atoms with Gasteiger partial charge in [-0.3, -0.25) is 4.57 Å². The Morgan fingerprint density at radius 1 is 1.36 bits per heavy atom. The summed E-state index contributed by atoms with van der Waals surface area (Å²) in [4.78, 5) is 35.5. The molecule has 4 rings (SSSR count). The fourth-order valence-corrected chi connectivity index (χ4v) is 3.22. The number of rotatable bonds is 4. The second kappa shape index (κ2) is 6.31. The topological polar surface area (TPSA) is 142 Å². The molecule has 0 saturated carbocycles. The van der Waals surface area contributed by atoms with Crippen LogP contribution in [0.15, 0.2) is 35.5 Å². The Labute approximate surface area is 157 Å². The summed E-state index contributed by atoms with van der Waals surface area (Å²) >= 11 is 0. The quantitative estimate of drug-likeness (QED) is 0.550. The molecule has 4 aromatic rings. The summed E-state index contributed by atoms with van der Waals surface area (Å²) in [6.07, 6.45) is 4.65. The second-order valence-corrected chi connectivity index (χ2v) is 6.67. The minimum absolute atomic E-state index is 0.201. The summed E-state index contributed by atoms with van der Waals surface area (Å²) in [5.74, 6) is -1.17. The Morgan fingerprint density at radius 2 is 2.14 bits per heavy atom. The maximum Gasteiger partial charge on any atom is 0.328 e. The number of nitrogens with one attached hydrogen (secondary N) is 1. The van der Waals surface area contributed by atoms with E-state index in [4.69, 9.17) is 5.26 Å². The SMILES string of the molecule is CC(C)[C@@H](C(=O)O)n1c(=O)[nH]c2cnc(-c3cnn4ccc(C#N)cc34)nc21. The van der Waals surface area contributed by atoms with E-state index in [1.807, 2.05) is 0 Å². The molecule has 0 saturated heterocycles. The van der Waals surface area contributed by atoms with E-state index < -0.39 is 17.7 Å². The molecule has 140 valence electrons. The van der Waals surface area contributed by atoms with Gasteiger partial charge in [-0.25, -0.2) is 24.1 Å². The molecule has 0 aliphatic rings. The van der Waals surface area contributed by atoms with Gasteiger partial charge in [0, 0.05) is 6.20 Å². The normalized spacial score (nSPS) is 12.5. The van der Waals surface area contributed by atoms with Crippen LogP contribution >= 0.6 is 0 Å². The number of carbonyl (C=O) groups is 1. The van der Waals surface area contributed by atoms with Crippen molar-refractivity contribution in [1.29, 1.82) is 5.26 Å². The number of aliphatic carboxylic acids is 1. The number of H-pyrrole nitrogens is 1. The average molecular weight is 377 g/mol. The third kappa shape index (κ3) is 2.61. The van der Waals surface area contributed by atoms with Gasteiger partial charge in [0.15, 0.2) is 11.5 Å². The Balaban J connectivity index is 1.96. The molecule has 0 bridgehead atoms. The molecule has 10 heteroatoms. The number of aromatic nitrogens is 6. The van der Waals surface area contributed by atoms with E-state index in [1.54, 1.807) is 42.9 Å². The largest absolute Gasteiger partial charge is 0.480 e. The number of carboxylic acid groups (broad SMARTS) is 1. The summed E-state index contributed by atoms with van der Waals surface area (Å²) in [5, 5.41) is 23.0. The molecule has 1 atom stereocenters. The van der Waals surface area contributed by atoms with Crippen molar-refractivity contribution >= 4 is 22.6 Å². The maximum atomic E-state index is 12.4. The van der Waals surface area contributed by atoms with Crippen LogP contribution in [0.5, 0.6) is 0 Å². The van der Waals surface area contributed by atoms with Crippen LogP contribution in [0.25, 0.3) is 28.1 Å². The van der Waals surface area contributed by atoms with Crippen LogP contribution in [-0.2, 0) is 4.79 Å². The summed E-state index contributed by atoms with van der Waals surface area (Å²) in [5.41, 5.74) is 1.63. The third-order valence-electron chi connectivity index (χ3n) is 4.51. The van der Waals surface area contributed by atoms with E-state index in [0.717, 1.165) is 4.57 Å². The maximum absolute atomic E-state index is 12.4. The van der Waals surface area contributed by atoms with Gasteiger partial charge in [0.1, 0.15) is 11.6 Å². The number of hydrogen-bond donors (Lipinski definition) is 2. The molecule has 28 heavy (non-hydrogen) atoms. The zero-order valence-corrected chi connectivity index (χ0v) is 15.0. The van der Waals surface area contributed by atoms with Gasteiger partial charge < -0.3 is 10.1 Å². The molecule has 4 aromatic heterocycles. The van der Waals surface area contributed by atoms with Gasteiger partial charge in [-0.1, -0.05) is 13.8 Å². The molecule has 4 heterocycles. The highest BCUT2D eigenvalue weighted by molar-refractivity contribution is 5.81. The minimum Gasteiger partial charge on any atom is -0.480 e. The van der Waals surface area contributed by atoms with Crippen LogP contribution in [0.3, 0.4) is 0 Å². The fourth-order valence-electron chi connectivity index (χ4n) is 3.22. The lowest BCUT2D eigenvalue weighted by molar-refractivity contribution is -0.142. The van der Waals surface area contributed by atoms with Gasteiger partial charge in [-0.05, 0) is 18.1 Å². The first-order valence-electron chi connectivity index (χ1n) is 8.48. The van der Waals surface area contributed by atoms with Gasteiger partial charge >= 0.3 is 11.7 Å². The second-order valence-electron chi connectivity index (χ2n) is 6.67. The predicted octanol–water partition coefficient (Wildman–Crippen LogP) is 1.59. The first-order valence-corrected chi connectivity index (χ1v) is 8.48. The van der Waals surface area contributed by atoms with Crippen LogP contribution in [-0.4, -0.2) is 40.2 Å². The molecule has 0 unspecified atom stereocenters. The smallest absolute Gasteiger partial charge is 0.328 e. The number of fused-ring (bicyclic) bond motifs is 2. The monoisotopic (exact) mass is 377 g/mol. The highest BCUT2D eigenvalue weighted by Crippen LogP contribution is 2.25. The van der Waals surface area contributed by atoms with Gasteiger partial charge in [0.05, 0.1) is 35.1 Å². The number of nitriles is 1.